The number of nitrogen functional groups attached to an aromatic ring is 1. The van der Waals surface area contributed by atoms with Gasteiger partial charge >= 0.3 is 0 Å². The van der Waals surface area contributed by atoms with Crippen LogP contribution in [0.5, 0.6) is 11.5 Å². The van der Waals surface area contributed by atoms with Gasteiger partial charge in [-0.05, 0) is 35.0 Å². The number of benzene rings is 1. The maximum absolute atomic E-state index is 5.66. The fourth-order valence-corrected chi connectivity index (χ4v) is 2.23. The van der Waals surface area contributed by atoms with Gasteiger partial charge in [0.1, 0.15) is 5.82 Å². The quantitative estimate of drug-likeness (QED) is 0.910. The van der Waals surface area contributed by atoms with E-state index in [4.69, 9.17) is 15.2 Å². The molecule has 0 unspecified atom stereocenters. The summed E-state index contributed by atoms with van der Waals surface area (Å²) in [4.78, 5) is 0. The van der Waals surface area contributed by atoms with Crippen LogP contribution in [0.25, 0.3) is 11.3 Å². The number of nitrogens with two attached hydrogens (primary N) is 1. The largest absolute Gasteiger partial charge is 0.493 e. The first kappa shape index (κ1) is 12.8. The number of nitrogens with zero attached hydrogens (tertiary/aromatic N) is 1. The zero-order valence-electron chi connectivity index (χ0n) is 10.2. The molecule has 0 aliphatic carbocycles. The molecule has 0 spiro atoms. The standard InChI is InChI=1S/C12H14BrN3O2/c1-3-18-12-9(17-2)5-4-7(13)11(12)8-6-10(14)16-15-8/h4-6H,3H2,1-2H3,(H3,14,15,16). The summed E-state index contributed by atoms with van der Waals surface area (Å²) >= 11 is 3.50. The molecule has 1 heterocycles. The van der Waals surface area contributed by atoms with Gasteiger partial charge in [-0.3, -0.25) is 5.10 Å². The van der Waals surface area contributed by atoms with Gasteiger partial charge in [-0.1, -0.05) is 0 Å². The van der Waals surface area contributed by atoms with Gasteiger partial charge in [0.05, 0.1) is 25.0 Å². The molecule has 0 atom stereocenters. The molecule has 5 nitrogen and oxygen atoms in total. The van der Waals surface area contributed by atoms with Crippen molar-refractivity contribution < 1.29 is 9.47 Å². The fraction of sp³-hybridized carbons (Fsp3) is 0.250. The Bertz CT molecular complexity index is 554. The number of hydrogen-bond acceptors (Lipinski definition) is 4. The summed E-state index contributed by atoms with van der Waals surface area (Å²) in [5, 5.41) is 6.80. The lowest BCUT2D eigenvalue weighted by atomic mass is 10.1. The summed E-state index contributed by atoms with van der Waals surface area (Å²) in [6.45, 7) is 2.47. The van der Waals surface area contributed by atoms with Crippen molar-refractivity contribution in [2.24, 2.45) is 0 Å². The maximum atomic E-state index is 5.66. The predicted octanol–water partition coefficient (Wildman–Crippen LogP) is 2.83. The molecule has 1 aromatic heterocycles. The molecule has 2 aromatic rings. The number of rotatable bonds is 4. The Labute approximate surface area is 113 Å². The highest BCUT2D eigenvalue weighted by molar-refractivity contribution is 9.10. The Balaban J connectivity index is 2.63. The van der Waals surface area contributed by atoms with Crippen LogP contribution in [-0.2, 0) is 0 Å². The number of H-pyrrole nitrogens is 1. The molecule has 3 N–H and O–H groups in total. The molecule has 0 fully saturated rings. The van der Waals surface area contributed by atoms with E-state index in [0.717, 1.165) is 15.7 Å². The molecular formula is C12H14BrN3O2. The Morgan fingerprint density at radius 1 is 1.44 bits per heavy atom. The van der Waals surface area contributed by atoms with Crippen molar-refractivity contribution in [3.8, 4) is 22.8 Å². The number of halogens is 1. The van der Waals surface area contributed by atoms with Gasteiger partial charge in [0.15, 0.2) is 11.5 Å². The van der Waals surface area contributed by atoms with E-state index in [1.807, 2.05) is 19.1 Å². The second-order valence-corrected chi connectivity index (χ2v) is 4.45. The van der Waals surface area contributed by atoms with Crippen LogP contribution in [0.2, 0.25) is 0 Å². The molecule has 0 aliphatic heterocycles. The van der Waals surface area contributed by atoms with Crippen molar-refractivity contribution in [1.82, 2.24) is 10.2 Å². The van der Waals surface area contributed by atoms with Gasteiger partial charge in [-0.15, -0.1) is 0 Å². The van der Waals surface area contributed by atoms with E-state index in [-0.39, 0.29) is 0 Å². The average molecular weight is 312 g/mol. The Hall–Kier alpha value is -1.69. The van der Waals surface area contributed by atoms with E-state index in [1.54, 1.807) is 13.2 Å². The minimum atomic E-state index is 0.433. The van der Waals surface area contributed by atoms with Crippen molar-refractivity contribution in [3.05, 3.63) is 22.7 Å². The molecular weight excluding hydrogens is 298 g/mol. The number of anilines is 1. The molecule has 0 saturated carbocycles. The second kappa shape index (κ2) is 5.30. The smallest absolute Gasteiger partial charge is 0.171 e. The number of ether oxygens (including phenoxy) is 2. The van der Waals surface area contributed by atoms with Gasteiger partial charge in [0, 0.05) is 10.5 Å². The van der Waals surface area contributed by atoms with Crippen LogP contribution in [0, 0.1) is 0 Å². The van der Waals surface area contributed by atoms with Gasteiger partial charge in [-0.25, -0.2) is 0 Å². The molecule has 6 heteroatoms. The first-order valence-corrected chi connectivity index (χ1v) is 6.27. The van der Waals surface area contributed by atoms with Crippen LogP contribution in [-0.4, -0.2) is 23.9 Å². The van der Waals surface area contributed by atoms with E-state index < -0.39 is 0 Å². The minimum Gasteiger partial charge on any atom is -0.493 e. The number of methoxy groups -OCH3 is 1. The molecule has 18 heavy (non-hydrogen) atoms. The van der Waals surface area contributed by atoms with E-state index in [1.165, 1.54) is 0 Å². The molecule has 0 aliphatic rings. The van der Waals surface area contributed by atoms with Crippen molar-refractivity contribution in [2.75, 3.05) is 19.5 Å². The first-order chi connectivity index (χ1) is 8.67. The van der Waals surface area contributed by atoms with Gasteiger partial charge in [-0.2, -0.15) is 5.10 Å². The van der Waals surface area contributed by atoms with E-state index in [9.17, 15) is 0 Å². The summed E-state index contributed by atoms with van der Waals surface area (Å²) in [6.07, 6.45) is 0. The summed E-state index contributed by atoms with van der Waals surface area (Å²) in [5.74, 6) is 1.77. The van der Waals surface area contributed by atoms with Crippen molar-refractivity contribution >= 4 is 21.7 Å². The van der Waals surface area contributed by atoms with Crippen LogP contribution in [0.3, 0.4) is 0 Å². The molecule has 1 aromatic carbocycles. The van der Waals surface area contributed by atoms with Gasteiger partial charge < -0.3 is 15.2 Å². The lowest BCUT2D eigenvalue weighted by Gasteiger charge is -2.14. The van der Waals surface area contributed by atoms with Crippen molar-refractivity contribution in [1.29, 1.82) is 0 Å². The van der Waals surface area contributed by atoms with E-state index >= 15 is 0 Å². The molecule has 96 valence electrons. The highest BCUT2D eigenvalue weighted by Crippen LogP contribution is 2.42. The van der Waals surface area contributed by atoms with Crippen LogP contribution < -0.4 is 15.2 Å². The summed E-state index contributed by atoms with van der Waals surface area (Å²) < 4.78 is 11.9. The first-order valence-electron chi connectivity index (χ1n) is 5.48. The second-order valence-electron chi connectivity index (χ2n) is 3.59. The fourth-order valence-electron chi connectivity index (χ4n) is 1.70. The van der Waals surface area contributed by atoms with Crippen LogP contribution in [0.15, 0.2) is 22.7 Å². The zero-order valence-corrected chi connectivity index (χ0v) is 11.7. The molecule has 0 radical (unpaired) electrons. The summed E-state index contributed by atoms with van der Waals surface area (Å²) in [7, 11) is 1.61. The Morgan fingerprint density at radius 2 is 2.22 bits per heavy atom. The van der Waals surface area contributed by atoms with Crippen LogP contribution in [0.1, 0.15) is 6.92 Å². The number of nitrogens with one attached hydrogen (secondary N) is 1. The van der Waals surface area contributed by atoms with Crippen molar-refractivity contribution in [3.63, 3.8) is 0 Å². The average Bonchev–Trinajstić information content (AvgIpc) is 2.76. The zero-order chi connectivity index (χ0) is 13.1. The highest BCUT2D eigenvalue weighted by Gasteiger charge is 2.17. The molecule has 0 saturated heterocycles. The third-order valence-corrected chi connectivity index (χ3v) is 3.11. The van der Waals surface area contributed by atoms with Crippen molar-refractivity contribution in [2.45, 2.75) is 6.92 Å². The number of aromatic amines is 1. The highest BCUT2D eigenvalue weighted by atomic mass is 79.9. The van der Waals surface area contributed by atoms with Gasteiger partial charge in [0.2, 0.25) is 0 Å². The predicted molar refractivity (Wildman–Crippen MR) is 73.9 cm³/mol. The molecule has 0 bridgehead atoms. The number of hydrogen-bond donors (Lipinski definition) is 2. The minimum absolute atomic E-state index is 0.433. The molecule has 0 amide bonds. The lowest BCUT2D eigenvalue weighted by molar-refractivity contribution is 0.312. The van der Waals surface area contributed by atoms with Gasteiger partial charge in [0.25, 0.3) is 0 Å². The summed E-state index contributed by atoms with van der Waals surface area (Å²) in [6, 6.07) is 5.49. The number of aromatic nitrogens is 2. The monoisotopic (exact) mass is 311 g/mol. The van der Waals surface area contributed by atoms with E-state index in [0.29, 0.717) is 23.9 Å². The lowest BCUT2D eigenvalue weighted by Crippen LogP contribution is -1.98. The third-order valence-electron chi connectivity index (χ3n) is 2.45. The van der Waals surface area contributed by atoms with Crippen LogP contribution in [0.4, 0.5) is 5.82 Å². The SMILES string of the molecule is CCOc1c(OC)ccc(Br)c1-c1cc(N)n[nH]1. The third kappa shape index (κ3) is 2.28. The normalized spacial score (nSPS) is 10.4. The van der Waals surface area contributed by atoms with Crippen LogP contribution >= 0.6 is 15.9 Å². The Morgan fingerprint density at radius 3 is 2.78 bits per heavy atom. The topological polar surface area (TPSA) is 73.2 Å². The van der Waals surface area contributed by atoms with E-state index in [2.05, 4.69) is 26.1 Å². The maximum Gasteiger partial charge on any atom is 0.171 e. The Kier molecular flexibility index (Phi) is 3.76. The molecule has 2 rings (SSSR count). The summed E-state index contributed by atoms with van der Waals surface area (Å²) in [5.41, 5.74) is 7.26.